The molecule has 0 aromatic heterocycles. The van der Waals surface area contributed by atoms with E-state index in [1.165, 1.54) is 12.1 Å². The first-order valence-corrected chi connectivity index (χ1v) is 7.73. The minimum Gasteiger partial charge on any atom is -0.481 e. The van der Waals surface area contributed by atoms with Crippen LogP contribution in [0.5, 0.6) is 5.75 Å². The van der Waals surface area contributed by atoms with Crippen LogP contribution in [0.4, 0.5) is 5.69 Å². The largest absolute Gasteiger partial charge is 0.481 e. The number of hydrogen-bond donors (Lipinski definition) is 1. The molecule has 2 aromatic rings. The molecule has 0 aliphatic heterocycles. The number of hydrogen-bond acceptors (Lipinski definition) is 3. The van der Waals surface area contributed by atoms with E-state index in [4.69, 9.17) is 51.1 Å². The molecule has 23 heavy (non-hydrogen) atoms. The fourth-order valence-corrected chi connectivity index (χ4v) is 2.89. The summed E-state index contributed by atoms with van der Waals surface area (Å²) in [5, 5.41) is 3.64. The molecule has 0 aliphatic rings. The number of aldehydes is 1. The zero-order valence-corrected chi connectivity index (χ0v) is 14.4. The van der Waals surface area contributed by atoms with Gasteiger partial charge >= 0.3 is 0 Å². The zero-order valence-electron chi connectivity index (χ0n) is 11.4. The fraction of sp³-hybridized carbons (Fsp3) is 0.0667. The van der Waals surface area contributed by atoms with Gasteiger partial charge in [0.25, 0.3) is 5.91 Å². The third-order valence-electron chi connectivity index (χ3n) is 2.65. The van der Waals surface area contributed by atoms with Gasteiger partial charge in [-0.2, -0.15) is 0 Å². The van der Waals surface area contributed by atoms with Crippen LogP contribution in [0.25, 0.3) is 0 Å². The molecule has 0 fully saturated rings. The number of benzene rings is 2. The monoisotopic (exact) mass is 391 g/mol. The second-order valence-electron chi connectivity index (χ2n) is 4.43. The highest BCUT2D eigenvalue weighted by molar-refractivity contribution is 6.37. The third-order valence-corrected chi connectivity index (χ3v) is 3.65. The number of anilines is 1. The van der Waals surface area contributed by atoms with E-state index in [0.29, 0.717) is 27.6 Å². The molecular weight excluding hydrogens is 384 g/mol. The Bertz CT molecular complexity index is 721. The van der Waals surface area contributed by atoms with Crippen molar-refractivity contribution in [3.05, 3.63) is 56.0 Å². The minimum atomic E-state index is -0.449. The molecule has 120 valence electrons. The van der Waals surface area contributed by atoms with Crippen molar-refractivity contribution in [3.8, 4) is 5.75 Å². The first kappa shape index (κ1) is 17.9. The van der Waals surface area contributed by atoms with Gasteiger partial charge in [0, 0.05) is 21.3 Å². The molecule has 0 aliphatic carbocycles. The van der Waals surface area contributed by atoms with Gasteiger partial charge in [-0.3, -0.25) is 9.59 Å². The van der Waals surface area contributed by atoms with E-state index in [0.717, 1.165) is 0 Å². The lowest BCUT2D eigenvalue weighted by Crippen LogP contribution is -2.20. The van der Waals surface area contributed by atoms with Crippen molar-refractivity contribution in [3.63, 3.8) is 0 Å². The van der Waals surface area contributed by atoms with Crippen LogP contribution >= 0.6 is 46.4 Å². The van der Waals surface area contributed by atoms with Crippen molar-refractivity contribution < 1.29 is 14.3 Å². The number of nitrogens with one attached hydrogen (secondary N) is 1. The Balaban J connectivity index is 2.03. The van der Waals surface area contributed by atoms with Crippen molar-refractivity contribution >= 4 is 64.3 Å². The van der Waals surface area contributed by atoms with Gasteiger partial charge in [0.05, 0.1) is 10.0 Å². The molecule has 0 radical (unpaired) electrons. The lowest BCUT2D eigenvalue weighted by atomic mass is 10.2. The molecule has 2 rings (SSSR count). The molecular formula is C15H9Cl4NO3. The lowest BCUT2D eigenvalue weighted by Gasteiger charge is -2.11. The highest BCUT2D eigenvalue weighted by Crippen LogP contribution is 2.33. The molecule has 1 amide bonds. The predicted octanol–water partition coefficient (Wildman–Crippen LogP) is 5.13. The number of amides is 1. The van der Waals surface area contributed by atoms with E-state index in [2.05, 4.69) is 5.32 Å². The Morgan fingerprint density at radius 1 is 1.00 bits per heavy atom. The average Bonchev–Trinajstić information content (AvgIpc) is 2.44. The summed E-state index contributed by atoms with van der Waals surface area (Å²) in [7, 11) is 0. The SMILES string of the molecule is O=Cc1cc(Cl)c(OCC(=O)Nc2cc(Cl)cc(Cl)c2)c(Cl)c1. The number of carbonyl (C=O) groups excluding carboxylic acids is 2. The van der Waals surface area contributed by atoms with Crippen molar-refractivity contribution in [2.24, 2.45) is 0 Å². The average molecular weight is 393 g/mol. The van der Waals surface area contributed by atoms with Gasteiger partial charge in [-0.1, -0.05) is 46.4 Å². The van der Waals surface area contributed by atoms with E-state index in [9.17, 15) is 9.59 Å². The number of rotatable bonds is 5. The Morgan fingerprint density at radius 3 is 2.09 bits per heavy atom. The van der Waals surface area contributed by atoms with E-state index in [1.54, 1.807) is 18.2 Å². The molecule has 0 bridgehead atoms. The number of halogens is 4. The predicted molar refractivity (Wildman–Crippen MR) is 92.4 cm³/mol. The smallest absolute Gasteiger partial charge is 0.262 e. The van der Waals surface area contributed by atoms with Gasteiger partial charge in [0.1, 0.15) is 6.29 Å². The maximum atomic E-state index is 11.9. The fourth-order valence-electron chi connectivity index (χ4n) is 1.75. The second kappa shape index (κ2) is 7.88. The van der Waals surface area contributed by atoms with E-state index in [-0.39, 0.29) is 22.4 Å². The Morgan fingerprint density at radius 2 is 1.57 bits per heavy atom. The van der Waals surface area contributed by atoms with Crippen LogP contribution in [0.15, 0.2) is 30.3 Å². The molecule has 0 saturated heterocycles. The van der Waals surface area contributed by atoms with Gasteiger partial charge < -0.3 is 10.1 Å². The summed E-state index contributed by atoms with van der Waals surface area (Å²) in [6.45, 7) is -0.329. The first-order valence-electron chi connectivity index (χ1n) is 6.22. The zero-order chi connectivity index (χ0) is 17.0. The highest BCUT2D eigenvalue weighted by atomic mass is 35.5. The van der Waals surface area contributed by atoms with Gasteiger partial charge in [-0.05, 0) is 30.3 Å². The first-order chi connectivity index (χ1) is 10.9. The molecule has 8 heteroatoms. The molecule has 4 nitrogen and oxygen atoms in total. The van der Waals surface area contributed by atoms with E-state index >= 15 is 0 Å². The summed E-state index contributed by atoms with van der Waals surface area (Å²) in [6, 6.07) is 7.42. The van der Waals surface area contributed by atoms with Crippen LogP contribution in [0, 0.1) is 0 Å². The molecule has 0 saturated carbocycles. The van der Waals surface area contributed by atoms with Crippen LogP contribution in [0.2, 0.25) is 20.1 Å². The summed E-state index contributed by atoms with van der Waals surface area (Å²) in [5.41, 5.74) is 0.745. The van der Waals surface area contributed by atoms with Crippen molar-refractivity contribution in [1.29, 1.82) is 0 Å². The standard InChI is InChI=1S/C15H9Cl4NO3/c16-9-3-10(17)5-11(4-9)20-14(22)7-23-15-12(18)1-8(6-21)2-13(15)19/h1-6H,7H2,(H,20,22). The van der Waals surface area contributed by atoms with Crippen molar-refractivity contribution in [2.45, 2.75) is 0 Å². The van der Waals surface area contributed by atoms with Crippen molar-refractivity contribution in [2.75, 3.05) is 11.9 Å². The lowest BCUT2D eigenvalue weighted by molar-refractivity contribution is -0.118. The van der Waals surface area contributed by atoms with Crippen LogP contribution in [-0.2, 0) is 4.79 Å². The quantitative estimate of drug-likeness (QED) is 0.717. The molecule has 0 unspecified atom stereocenters. The summed E-state index contributed by atoms with van der Waals surface area (Å²) in [4.78, 5) is 22.6. The number of ether oxygens (including phenoxy) is 1. The molecule has 0 atom stereocenters. The Kier molecular flexibility index (Phi) is 6.13. The van der Waals surface area contributed by atoms with Gasteiger partial charge in [-0.15, -0.1) is 0 Å². The van der Waals surface area contributed by atoms with Crippen LogP contribution in [0.1, 0.15) is 10.4 Å². The molecule has 0 spiro atoms. The summed E-state index contributed by atoms with van der Waals surface area (Å²) in [6.07, 6.45) is 0.608. The van der Waals surface area contributed by atoms with Gasteiger partial charge in [0.2, 0.25) is 0 Å². The Hall–Kier alpha value is -1.46. The number of carbonyl (C=O) groups is 2. The van der Waals surface area contributed by atoms with E-state index < -0.39 is 5.91 Å². The van der Waals surface area contributed by atoms with Crippen LogP contribution in [-0.4, -0.2) is 18.8 Å². The Labute approximate surface area is 152 Å². The molecule has 1 N–H and O–H groups in total. The summed E-state index contributed by atoms with van der Waals surface area (Å²) in [5.74, 6) is -0.326. The van der Waals surface area contributed by atoms with Crippen LogP contribution < -0.4 is 10.1 Å². The van der Waals surface area contributed by atoms with E-state index in [1.807, 2.05) is 0 Å². The highest BCUT2D eigenvalue weighted by Gasteiger charge is 2.12. The minimum absolute atomic E-state index is 0.123. The van der Waals surface area contributed by atoms with Gasteiger partial charge in [0.15, 0.2) is 12.4 Å². The maximum absolute atomic E-state index is 11.9. The topological polar surface area (TPSA) is 55.4 Å². The normalized spacial score (nSPS) is 10.3. The van der Waals surface area contributed by atoms with Crippen molar-refractivity contribution in [1.82, 2.24) is 0 Å². The summed E-state index contributed by atoms with van der Waals surface area (Å²) >= 11 is 23.6. The molecule has 2 aromatic carbocycles. The second-order valence-corrected chi connectivity index (χ2v) is 6.11. The summed E-state index contributed by atoms with van der Waals surface area (Å²) < 4.78 is 5.30. The van der Waals surface area contributed by atoms with Gasteiger partial charge in [-0.25, -0.2) is 0 Å². The van der Waals surface area contributed by atoms with Crippen LogP contribution in [0.3, 0.4) is 0 Å². The maximum Gasteiger partial charge on any atom is 0.262 e. The third kappa shape index (κ3) is 5.01. The molecule has 0 heterocycles.